The van der Waals surface area contributed by atoms with Gasteiger partial charge in [0, 0.05) is 22.9 Å². The molecule has 4 aromatic rings. The van der Waals surface area contributed by atoms with Crippen molar-refractivity contribution in [2.24, 2.45) is 0 Å². The largest absolute Gasteiger partial charge is 0.378 e. The van der Waals surface area contributed by atoms with Gasteiger partial charge in [-0.2, -0.15) is 0 Å². The molecule has 8 heteroatoms. The lowest BCUT2D eigenvalue weighted by Gasteiger charge is -2.12. The topological polar surface area (TPSA) is 71.8 Å². The van der Waals surface area contributed by atoms with Gasteiger partial charge in [0.15, 0.2) is 11.0 Å². The molecule has 1 heterocycles. The van der Waals surface area contributed by atoms with Crippen LogP contribution in [0.25, 0.3) is 5.69 Å². The number of amides is 1. The first-order valence-corrected chi connectivity index (χ1v) is 11.9. The zero-order valence-electron chi connectivity index (χ0n) is 18.2. The summed E-state index contributed by atoms with van der Waals surface area (Å²) < 4.78 is 1.98. The first-order chi connectivity index (χ1) is 16.1. The Morgan fingerprint density at radius 3 is 2.52 bits per heavy atom. The summed E-state index contributed by atoms with van der Waals surface area (Å²) in [6.07, 6.45) is 0. The van der Waals surface area contributed by atoms with Crippen molar-refractivity contribution in [3.05, 3.63) is 101 Å². The third-order valence-corrected chi connectivity index (χ3v) is 6.10. The summed E-state index contributed by atoms with van der Waals surface area (Å²) in [5.41, 5.74) is 4.07. The number of aryl methyl sites for hydroxylation is 1. The van der Waals surface area contributed by atoms with Gasteiger partial charge in [-0.3, -0.25) is 9.36 Å². The van der Waals surface area contributed by atoms with Gasteiger partial charge in [0.1, 0.15) is 0 Å². The maximum Gasteiger partial charge on any atom is 0.230 e. The van der Waals surface area contributed by atoms with E-state index in [0.29, 0.717) is 23.3 Å². The number of halogens is 1. The Morgan fingerprint density at radius 2 is 1.76 bits per heavy atom. The van der Waals surface area contributed by atoms with Crippen molar-refractivity contribution in [3.8, 4) is 5.69 Å². The SMILES string of the molecule is Cc1ccc(-n2c(CNc3cccc(Cl)c3)nnc2SCC(=O)NCc2ccccc2)cc1. The Labute approximate surface area is 202 Å². The quantitative estimate of drug-likeness (QED) is 0.322. The van der Waals surface area contributed by atoms with Gasteiger partial charge in [0.05, 0.1) is 12.3 Å². The van der Waals surface area contributed by atoms with Crippen LogP contribution in [0.1, 0.15) is 17.0 Å². The Morgan fingerprint density at radius 1 is 0.970 bits per heavy atom. The second kappa shape index (κ2) is 11.0. The van der Waals surface area contributed by atoms with E-state index in [1.807, 2.05) is 90.4 Å². The smallest absolute Gasteiger partial charge is 0.230 e. The molecule has 0 saturated carbocycles. The van der Waals surface area contributed by atoms with Crippen LogP contribution in [0, 0.1) is 6.92 Å². The summed E-state index contributed by atoms with van der Waals surface area (Å²) in [6, 6.07) is 25.5. The lowest BCUT2D eigenvalue weighted by Crippen LogP contribution is -2.24. The van der Waals surface area contributed by atoms with Crippen LogP contribution >= 0.6 is 23.4 Å². The second-order valence-electron chi connectivity index (χ2n) is 7.48. The van der Waals surface area contributed by atoms with E-state index >= 15 is 0 Å². The number of carbonyl (C=O) groups is 1. The fraction of sp³-hybridized carbons (Fsp3) is 0.160. The molecule has 1 aromatic heterocycles. The second-order valence-corrected chi connectivity index (χ2v) is 8.86. The van der Waals surface area contributed by atoms with Crippen LogP contribution in [0.5, 0.6) is 0 Å². The number of anilines is 1. The molecule has 0 spiro atoms. The van der Waals surface area contributed by atoms with Crippen molar-refractivity contribution in [1.29, 1.82) is 0 Å². The van der Waals surface area contributed by atoms with Gasteiger partial charge < -0.3 is 10.6 Å². The van der Waals surface area contributed by atoms with Crippen molar-refractivity contribution in [1.82, 2.24) is 20.1 Å². The molecule has 1 amide bonds. The molecule has 3 aromatic carbocycles. The Hall–Kier alpha value is -3.29. The lowest BCUT2D eigenvalue weighted by molar-refractivity contribution is -0.118. The molecule has 0 unspecified atom stereocenters. The number of aromatic nitrogens is 3. The van der Waals surface area contributed by atoms with Gasteiger partial charge in [-0.15, -0.1) is 10.2 Å². The van der Waals surface area contributed by atoms with Crippen molar-refractivity contribution in [2.75, 3.05) is 11.1 Å². The maximum absolute atomic E-state index is 12.4. The number of benzene rings is 3. The summed E-state index contributed by atoms with van der Waals surface area (Å²) in [7, 11) is 0. The van der Waals surface area contributed by atoms with Crippen LogP contribution in [0.3, 0.4) is 0 Å². The first kappa shape index (κ1) is 22.9. The third kappa shape index (κ3) is 6.37. The molecule has 0 aliphatic carbocycles. The minimum Gasteiger partial charge on any atom is -0.378 e. The molecule has 0 bridgehead atoms. The van der Waals surface area contributed by atoms with Crippen LogP contribution in [-0.4, -0.2) is 26.4 Å². The Balaban J connectivity index is 1.47. The number of hydrogen-bond acceptors (Lipinski definition) is 5. The highest BCUT2D eigenvalue weighted by Gasteiger charge is 2.16. The van der Waals surface area contributed by atoms with Gasteiger partial charge in [0.25, 0.3) is 0 Å². The molecule has 0 saturated heterocycles. The van der Waals surface area contributed by atoms with Crippen molar-refractivity contribution >= 4 is 35.0 Å². The number of thioether (sulfide) groups is 1. The normalized spacial score (nSPS) is 10.7. The highest BCUT2D eigenvalue weighted by Crippen LogP contribution is 2.23. The molecule has 0 atom stereocenters. The van der Waals surface area contributed by atoms with E-state index in [9.17, 15) is 4.79 Å². The first-order valence-electron chi connectivity index (χ1n) is 10.5. The Bertz CT molecular complexity index is 1210. The number of carbonyl (C=O) groups excluding carboxylic acids is 1. The highest BCUT2D eigenvalue weighted by atomic mass is 35.5. The van der Waals surface area contributed by atoms with Crippen molar-refractivity contribution < 1.29 is 4.79 Å². The average Bonchev–Trinajstić information content (AvgIpc) is 3.24. The summed E-state index contributed by atoms with van der Waals surface area (Å²) in [5, 5.41) is 16.4. The Kier molecular flexibility index (Phi) is 7.65. The predicted molar refractivity (Wildman–Crippen MR) is 134 cm³/mol. The van der Waals surface area contributed by atoms with Crippen LogP contribution in [0.4, 0.5) is 5.69 Å². The minimum absolute atomic E-state index is 0.0547. The standard InChI is InChI=1S/C25H24ClN5OS/c1-18-10-12-22(13-11-18)31-23(16-27-21-9-5-8-20(26)14-21)29-30-25(31)33-17-24(32)28-15-19-6-3-2-4-7-19/h2-14,27H,15-17H2,1H3,(H,28,32). The zero-order chi connectivity index (χ0) is 23.0. The molecule has 0 aliphatic rings. The van der Waals surface area contributed by atoms with Crippen molar-refractivity contribution in [2.45, 2.75) is 25.2 Å². The van der Waals surface area contributed by atoms with Gasteiger partial charge >= 0.3 is 0 Å². The molecule has 0 radical (unpaired) electrons. The summed E-state index contributed by atoms with van der Waals surface area (Å²) in [6.45, 7) is 3.01. The van der Waals surface area contributed by atoms with Gasteiger partial charge in [-0.05, 0) is 42.8 Å². The van der Waals surface area contributed by atoms with E-state index < -0.39 is 0 Å². The molecule has 4 rings (SSSR count). The van der Waals surface area contributed by atoms with Gasteiger partial charge in [-0.25, -0.2) is 0 Å². The molecule has 2 N–H and O–H groups in total. The number of hydrogen-bond donors (Lipinski definition) is 2. The van der Waals surface area contributed by atoms with Crippen LogP contribution in [0.15, 0.2) is 84.0 Å². The van der Waals surface area contributed by atoms with E-state index in [-0.39, 0.29) is 11.7 Å². The number of nitrogens with one attached hydrogen (secondary N) is 2. The van der Waals surface area contributed by atoms with Crippen molar-refractivity contribution in [3.63, 3.8) is 0 Å². The number of nitrogens with zero attached hydrogens (tertiary/aromatic N) is 3. The van der Waals surface area contributed by atoms with Gasteiger partial charge in [-0.1, -0.05) is 77.5 Å². The molecular weight excluding hydrogens is 454 g/mol. The zero-order valence-corrected chi connectivity index (χ0v) is 19.7. The van der Waals surface area contributed by atoms with E-state index in [1.54, 1.807) is 0 Å². The number of rotatable bonds is 9. The average molecular weight is 478 g/mol. The van der Waals surface area contributed by atoms with E-state index in [1.165, 1.54) is 17.3 Å². The highest BCUT2D eigenvalue weighted by molar-refractivity contribution is 7.99. The fourth-order valence-corrected chi connectivity index (χ4v) is 4.21. The molecule has 6 nitrogen and oxygen atoms in total. The molecule has 0 fully saturated rings. The van der Waals surface area contributed by atoms with Crippen LogP contribution in [-0.2, 0) is 17.9 Å². The third-order valence-electron chi connectivity index (χ3n) is 4.93. The summed E-state index contributed by atoms with van der Waals surface area (Å²) in [4.78, 5) is 12.4. The minimum atomic E-state index is -0.0547. The van der Waals surface area contributed by atoms with Crippen LogP contribution in [0.2, 0.25) is 5.02 Å². The predicted octanol–water partition coefficient (Wildman–Crippen LogP) is 5.25. The molecule has 168 valence electrons. The van der Waals surface area contributed by atoms with E-state index in [0.717, 1.165) is 22.8 Å². The molecule has 0 aliphatic heterocycles. The van der Waals surface area contributed by atoms with E-state index in [4.69, 9.17) is 11.6 Å². The van der Waals surface area contributed by atoms with E-state index in [2.05, 4.69) is 20.8 Å². The monoisotopic (exact) mass is 477 g/mol. The summed E-state index contributed by atoms with van der Waals surface area (Å²) in [5.74, 6) is 0.936. The lowest BCUT2D eigenvalue weighted by atomic mass is 10.2. The molecule has 33 heavy (non-hydrogen) atoms. The molecular formula is C25H24ClN5OS. The maximum atomic E-state index is 12.4. The van der Waals surface area contributed by atoms with Gasteiger partial charge in [0.2, 0.25) is 5.91 Å². The fourth-order valence-electron chi connectivity index (χ4n) is 3.22. The summed E-state index contributed by atoms with van der Waals surface area (Å²) >= 11 is 7.46. The van der Waals surface area contributed by atoms with Crippen LogP contribution < -0.4 is 10.6 Å².